The summed E-state index contributed by atoms with van der Waals surface area (Å²) in [4.78, 5) is 15.0. The molecule has 0 unspecified atom stereocenters. The van der Waals surface area contributed by atoms with Gasteiger partial charge in [0, 0.05) is 30.1 Å². The minimum atomic E-state index is -0.474. The molecule has 0 bridgehead atoms. The minimum Gasteiger partial charge on any atom is -0.481 e. The van der Waals surface area contributed by atoms with Gasteiger partial charge in [-0.2, -0.15) is 0 Å². The molecular formula is C20H29BrN2O2. The predicted molar refractivity (Wildman–Crippen MR) is 104 cm³/mol. The van der Waals surface area contributed by atoms with Crippen molar-refractivity contribution in [2.24, 2.45) is 5.92 Å². The summed E-state index contributed by atoms with van der Waals surface area (Å²) in [6.07, 6.45) is 7.24. The van der Waals surface area contributed by atoms with Gasteiger partial charge in [0.1, 0.15) is 5.75 Å². The third-order valence-electron chi connectivity index (χ3n) is 5.42. The molecule has 0 spiro atoms. The largest absolute Gasteiger partial charge is 0.481 e. The first kappa shape index (κ1) is 18.7. The molecule has 138 valence electrons. The molecule has 25 heavy (non-hydrogen) atoms. The van der Waals surface area contributed by atoms with Crippen LogP contribution in [0.25, 0.3) is 0 Å². The van der Waals surface area contributed by atoms with Crippen molar-refractivity contribution in [1.29, 1.82) is 0 Å². The Morgan fingerprint density at radius 3 is 2.48 bits per heavy atom. The second-order valence-corrected chi connectivity index (χ2v) is 8.36. The van der Waals surface area contributed by atoms with Crippen molar-refractivity contribution in [2.45, 2.75) is 57.6 Å². The Bertz CT molecular complexity index is 549. The van der Waals surface area contributed by atoms with Crippen LogP contribution in [0.15, 0.2) is 28.7 Å². The molecule has 1 amide bonds. The highest BCUT2D eigenvalue weighted by Gasteiger charge is 2.25. The standard InChI is InChI=1S/C20H29BrN2O2/c1-15(25-19-8-6-17(21)7-9-19)20(24)22-18-10-12-23(13-11-18)14-16-4-2-3-5-16/h6-9,15-16,18H,2-5,10-14H2,1H3,(H,22,24)/t15-/m0/s1. The summed E-state index contributed by atoms with van der Waals surface area (Å²) >= 11 is 3.40. The van der Waals surface area contributed by atoms with Crippen molar-refractivity contribution in [2.75, 3.05) is 19.6 Å². The lowest BCUT2D eigenvalue weighted by Crippen LogP contribution is -2.48. The lowest BCUT2D eigenvalue weighted by molar-refractivity contribution is -0.128. The van der Waals surface area contributed by atoms with Crippen molar-refractivity contribution in [1.82, 2.24) is 10.2 Å². The van der Waals surface area contributed by atoms with Crippen molar-refractivity contribution < 1.29 is 9.53 Å². The number of rotatable bonds is 6. The quantitative estimate of drug-likeness (QED) is 0.773. The summed E-state index contributed by atoms with van der Waals surface area (Å²) in [5.41, 5.74) is 0. The van der Waals surface area contributed by atoms with E-state index in [1.807, 2.05) is 31.2 Å². The van der Waals surface area contributed by atoms with Crippen LogP contribution >= 0.6 is 15.9 Å². The molecule has 3 rings (SSSR count). The molecule has 1 aliphatic heterocycles. The van der Waals surface area contributed by atoms with Crippen LogP contribution in [0.3, 0.4) is 0 Å². The van der Waals surface area contributed by atoms with Gasteiger partial charge in [-0.1, -0.05) is 28.8 Å². The summed E-state index contributed by atoms with van der Waals surface area (Å²) in [5.74, 6) is 1.61. The Labute approximate surface area is 159 Å². The molecule has 2 aliphatic rings. The average molecular weight is 409 g/mol. The smallest absolute Gasteiger partial charge is 0.260 e. The summed E-state index contributed by atoms with van der Waals surface area (Å²) in [6.45, 7) is 5.27. The van der Waals surface area contributed by atoms with E-state index in [4.69, 9.17) is 4.74 Å². The third kappa shape index (κ3) is 5.71. The van der Waals surface area contributed by atoms with Gasteiger partial charge >= 0.3 is 0 Å². The molecule has 0 radical (unpaired) electrons. The molecule has 1 N–H and O–H groups in total. The molecule has 1 aromatic carbocycles. The molecule has 1 aromatic rings. The van der Waals surface area contributed by atoms with E-state index in [2.05, 4.69) is 26.1 Å². The van der Waals surface area contributed by atoms with E-state index in [0.29, 0.717) is 0 Å². The molecule has 5 heteroatoms. The van der Waals surface area contributed by atoms with Crippen LogP contribution in [0.1, 0.15) is 45.4 Å². The minimum absolute atomic E-state index is 0.0165. The maximum atomic E-state index is 12.4. The van der Waals surface area contributed by atoms with Crippen molar-refractivity contribution in [3.63, 3.8) is 0 Å². The maximum absolute atomic E-state index is 12.4. The second kappa shape index (κ2) is 9.04. The van der Waals surface area contributed by atoms with E-state index in [1.54, 1.807) is 0 Å². The molecule has 1 heterocycles. The highest BCUT2D eigenvalue weighted by Crippen LogP contribution is 2.26. The lowest BCUT2D eigenvalue weighted by Gasteiger charge is -2.34. The normalized spacial score (nSPS) is 21.2. The fraction of sp³-hybridized carbons (Fsp3) is 0.650. The number of halogens is 1. The van der Waals surface area contributed by atoms with E-state index >= 15 is 0 Å². The number of hydrogen-bond acceptors (Lipinski definition) is 3. The fourth-order valence-electron chi connectivity index (χ4n) is 3.91. The highest BCUT2D eigenvalue weighted by molar-refractivity contribution is 9.10. The van der Waals surface area contributed by atoms with Crippen LogP contribution in [0.2, 0.25) is 0 Å². The first-order valence-corrected chi connectivity index (χ1v) is 10.3. The van der Waals surface area contributed by atoms with Crippen molar-refractivity contribution in [3.8, 4) is 5.75 Å². The number of piperidine rings is 1. The Kier molecular flexibility index (Phi) is 6.77. The number of amides is 1. The van der Waals surface area contributed by atoms with Gasteiger partial charge in [0.15, 0.2) is 6.10 Å². The number of carbonyl (C=O) groups is 1. The molecule has 1 saturated heterocycles. The van der Waals surface area contributed by atoms with Gasteiger partial charge in [-0.25, -0.2) is 0 Å². The molecular weight excluding hydrogens is 380 g/mol. The highest BCUT2D eigenvalue weighted by atomic mass is 79.9. The number of nitrogens with one attached hydrogen (secondary N) is 1. The van der Waals surface area contributed by atoms with Crippen LogP contribution in [-0.4, -0.2) is 42.6 Å². The topological polar surface area (TPSA) is 41.6 Å². The van der Waals surface area contributed by atoms with Crippen LogP contribution in [0.5, 0.6) is 5.75 Å². The molecule has 1 atom stereocenters. The number of likely N-dealkylation sites (tertiary alicyclic amines) is 1. The van der Waals surface area contributed by atoms with E-state index in [9.17, 15) is 4.79 Å². The number of hydrogen-bond donors (Lipinski definition) is 1. The average Bonchev–Trinajstić information content (AvgIpc) is 3.11. The zero-order valence-corrected chi connectivity index (χ0v) is 16.6. The van der Waals surface area contributed by atoms with Gasteiger partial charge in [0.25, 0.3) is 5.91 Å². The van der Waals surface area contributed by atoms with E-state index in [1.165, 1.54) is 32.2 Å². The predicted octanol–water partition coefficient (Wildman–Crippen LogP) is 3.99. The first-order valence-electron chi connectivity index (χ1n) is 9.55. The van der Waals surface area contributed by atoms with Crippen LogP contribution in [-0.2, 0) is 4.79 Å². The van der Waals surface area contributed by atoms with Crippen LogP contribution in [0, 0.1) is 5.92 Å². The van der Waals surface area contributed by atoms with Gasteiger partial charge in [-0.05, 0) is 62.8 Å². The Morgan fingerprint density at radius 1 is 1.20 bits per heavy atom. The zero-order valence-electron chi connectivity index (χ0n) is 15.0. The van der Waals surface area contributed by atoms with Gasteiger partial charge in [0.05, 0.1) is 0 Å². The number of nitrogens with zero attached hydrogens (tertiary/aromatic N) is 1. The summed E-state index contributed by atoms with van der Waals surface area (Å²) < 4.78 is 6.74. The van der Waals surface area contributed by atoms with Gasteiger partial charge in [-0.15, -0.1) is 0 Å². The molecule has 1 aliphatic carbocycles. The monoisotopic (exact) mass is 408 g/mol. The molecule has 0 aromatic heterocycles. The SMILES string of the molecule is C[C@H](Oc1ccc(Br)cc1)C(=O)NC1CCN(CC2CCCC2)CC1. The summed E-state index contributed by atoms with van der Waals surface area (Å²) in [7, 11) is 0. The van der Waals surface area contributed by atoms with Crippen molar-refractivity contribution >= 4 is 21.8 Å². The number of benzene rings is 1. The Morgan fingerprint density at radius 2 is 1.84 bits per heavy atom. The molecule has 4 nitrogen and oxygen atoms in total. The van der Waals surface area contributed by atoms with E-state index in [0.717, 1.165) is 42.1 Å². The Hall–Kier alpha value is -1.07. The molecule has 2 fully saturated rings. The number of ether oxygens (including phenoxy) is 1. The lowest BCUT2D eigenvalue weighted by atomic mass is 10.0. The van der Waals surface area contributed by atoms with E-state index in [-0.39, 0.29) is 11.9 Å². The van der Waals surface area contributed by atoms with Crippen LogP contribution < -0.4 is 10.1 Å². The number of carbonyl (C=O) groups excluding carboxylic acids is 1. The molecule has 1 saturated carbocycles. The van der Waals surface area contributed by atoms with Gasteiger partial charge in [0.2, 0.25) is 0 Å². The second-order valence-electron chi connectivity index (χ2n) is 7.45. The fourth-order valence-corrected chi connectivity index (χ4v) is 4.17. The zero-order chi connectivity index (χ0) is 17.6. The third-order valence-corrected chi connectivity index (χ3v) is 5.95. The maximum Gasteiger partial charge on any atom is 0.260 e. The summed E-state index contributed by atoms with van der Waals surface area (Å²) in [6, 6.07) is 7.86. The Balaban J connectivity index is 1.38. The first-order chi connectivity index (χ1) is 12.1. The van der Waals surface area contributed by atoms with Crippen LogP contribution in [0.4, 0.5) is 0 Å². The van der Waals surface area contributed by atoms with Gasteiger partial charge < -0.3 is 15.0 Å². The summed E-state index contributed by atoms with van der Waals surface area (Å²) in [5, 5.41) is 3.16. The van der Waals surface area contributed by atoms with Gasteiger partial charge in [-0.3, -0.25) is 4.79 Å². The van der Waals surface area contributed by atoms with E-state index < -0.39 is 6.10 Å². The van der Waals surface area contributed by atoms with Crippen molar-refractivity contribution in [3.05, 3.63) is 28.7 Å².